The van der Waals surface area contributed by atoms with E-state index in [1.54, 1.807) is 0 Å². The number of carboxylic acids is 2. The van der Waals surface area contributed by atoms with Gasteiger partial charge in [0.25, 0.3) is 5.56 Å². The molecule has 0 aliphatic heterocycles. The first-order valence-electron chi connectivity index (χ1n) is 7.28. The van der Waals surface area contributed by atoms with Crippen LogP contribution in [0.1, 0.15) is 20.7 Å². The minimum Gasteiger partial charge on any atom is -0.497 e. The summed E-state index contributed by atoms with van der Waals surface area (Å²) in [6, 6.07) is 2.29. The number of methoxy groups -OCH3 is 2. The van der Waals surface area contributed by atoms with Gasteiger partial charge in [0.2, 0.25) is 0 Å². The van der Waals surface area contributed by atoms with Gasteiger partial charge in [-0.25, -0.2) is 9.59 Å². The molecule has 0 amide bonds. The van der Waals surface area contributed by atoms with Crippen molar-refractivity contribution in [3.63, 3.8) is 0 Å². The largest absolute Gasteiger partial charge is 0.497 e. The van der Waals surface area contributed by atoms with Crippen molar-refractivity contribution in [1.82, 2.24) is 4.98 Å². The minimum atomic E-state index is -1.99. The average molecular weight is 378 g/mol. The lowest BCUT2D eigenvalue weighted by molar-refractivity contribution is 0.0695. The molecule has 11 nitrogen and oxygen atoms in total. The molecule has 142 valence electrons. The van der Waals surface area contributed by atoms with Crippen molar-refractivity contribution in [2.75, 3.05) is 20.0 Å². The second kappa shape index (κ2) is 7.39. The van der Waals surface area contributed by atoms with E-state index in [0.29, 0.717) is 0 Å². The van der Waals surface area contributed by atoms with E-state index in [1.807, 2.05) is 4.98 Å². The Balaban J connectivity index is 3.03. The van der Waals surface area contributed by atoms with Gasteiger partial charge in [-0.15, -0.1) is 0 Å². The zero-order valence-electron chi connectivity index (χ0n) is 14.1. The first-order chi connectivity index (χ1) is 12.6. The SMILES string of the molecule is COc1cc(-c2c(C(=O)O)c(N)[nH]c(=O)c2C(=O)O)cc(OC)c1B(O)O. The van der Waals surface area contributed by atoms with Crippen molar-refractivity contribution in [2.24, 2.45) is 0 Å². The number of pyridine rings is 1. The number of carboxylic acid groups (broad SMARTS) is 2. The Kier molecular flexibility index (Phi) is 5.43. The van der Waals surface area contributed by atoms with Gasteiger partial charge in [-0.1, -0.05) is 0 Å². The van der Waals surface area contributed by atoms with Gasteiger partial charge in [0.1, 0.15) is 28.4 Å². The Morgan fingerprint density at radius 2 is 1.52 bits per heavy atom. The van der Waals surface area contributed by atoms with Crippen LogP contribution in [0.3, 0.4) is 0 Å². The van der Waals surface area contributed by atoms with Crippen LogP contribution in [0.5, 0.6) is 11.5 Å². The maximum absolute atomic E-state index is 12.1. The van der Waals surface area contributed by atoms with E-state index in [0.717, 1.165) is 12.1 Å². The molecule has 0 saturated carbocycles. The number of anilines is 1. The maximum Gasteiger partial charge on any atom is 0.496 e. The van der Waals surface area contributed by atoms with Gasteiger partial charge in [0.15, 0.2) is 0 Å². The van der Waals surface area contributed by atoms with Crippen LogP contribution in [-0.2, 0) is 0 Å². The monoisotopic (exact) mass is 378 g/mol. The molecule has 1 aromatic carbocycles. The molecule has 0 bridgehead atoms. The van der Waals surface area contributed by atoms with E-state index in [4.69, 9.17) is 15.2 Å². The summed E-state index contributed by atoms with van der Waals surface area (Å²) in [7, 11) is 0.408. The first kappa shape index (κ1) is 19.8. The van der Waals surface area contributed by atoms with Gasteiger partial charge in [0.05, 0.1) is 19.7 Å². The number of hydrogen-bond donors (Lipinski definition) is 6. The molecule has 27 heavy (non-hydrogen) atoms. The zero-order valence-corrected chi connectivity index (χ0v) is 14.1. The predicted octanol–water partition coefficient (Wildman–Crippen LogP) is -1.28. The highest BCUT2D eigenvalue weighted by atomic mass is 16.5. The highest BCUT2D eigenvalue weighted by molar-refractivity contribution is 6.61. The van der Waals surface area contributed by atoms with E-state index in [1.165, 1.54) is 14.2 Å². The summed E-state index contributed by atoms with van der Waals surface area (Å²) in [4.78, 5) is 37.3. The van der Waals surface area contributed by atoms with Crippen LogP contribution in [0.25, 0.3) is 11.1 Å². The fraction of sp³-hybridized carbons (Fsp3) is 0.133. The number of carbonyl (C=O) groups is 2. The van der Waals surface area contributed by atoms with Gasteiger partial charge >= 0.3 is 19.1 Å². The Labute approximate surface area is 151 Å². The molecule has 0 saturated heterocycles. The molecule has 0 aliphatic carbocycles. The van der Waals surface area contributed by atoms with E-state index in [9.17, 15) is 34.6 Å². The van der Waals surface area contributed by atoms with Crippen LogP contribution in [-0.4, -0.2) is 58.5 Å². The summed E-state index contributed by atoms with van der Waals surface area (Å²) in [5, 5.41) is 37.9. The summed E-state index contributed by atoms with van der Waals surface area (Å²) in [6.45, 7) is 0. The zero-order chi connectivity index (χ0) is 20.5. The molecule has 1 aromatic heterocycles. The third-order valence-corrected chi connectivity index (χ3v) is 3.76. The summed E-state index contributed by atoms with van der Waals surface area (Å²) in [5.41, 5.74) is 2.22. The quantitative estimate of drug-likeness (QED) is 0.330. The molecule has 2 aromatic rings. The summed E-state index contributed by atoms with van der Waals surface area (Å²) < 4.78 is 10.1. The number of ether oxygens (including phenoxy) is 2. The minimum absolute atomic E-state index is 0.0966. The van der Waals surface area contributed by atoms with Crippen molar-refractivity contribution in [3.05, 3.63) is 33.6 Å². The van der Waals surface area contributed by atoms with Gasteiger partial charge in [-0.05, 0) is 17.7 Å². The molecule has 0 atom stereocenters. The second-order valence-corrected chi connectivity index (χ2v) is 5.27. The fourth-order valence-corrected chi connectivity index (χ4v) is 2.67. The van der Waals surface area contributed by atoms with Crippen molar-refractivity contribution in [3.8, 4) is 22.6 Å². The first-order valence-corrected chi connectivity index (χ1v) is 7.28. The number of aromatic amines is 1. The fourth-order valence-electron chi connectivity index (χ4n) is 2.67. The number of aromatic nitrogens is 1. The van der Waals surface area contributed by atoms with Crippen LogP contribution < -0.4 is 26.2 Å². The van der Waals surface area contributed by atoms with Gasteiger partial charge in [-0.2, -0.15) is 0 Å². The smallest absolute Gasteiger partial charge is 0.496 e. The highest BCUT2D eigenvalue weighted by Crippen LogP contribution is 2.33. The lowest BCUT2D eigenvalue weighted by Crippen LogP contribution is -2.33. The average Bonchev–Trinajstić information content (AvgIpc) is 2.58. The lowest BCUT2D eigenvalue weighted by Gasteiger charge is -2.17. The highest BCUT2D eigenvalue weighted by Gasteiger charge is 2.30. The molecule has 0 radical (unpaired) electrons. The van der Waals surface area contributed by atoms with Gasteiger partial charge in [0, 0.05) is 5.56 Å². The van der Waals surface area contributed by atoms with Crippen LogP contribution in [0, 0.1) is 0 Å². The second-order valence-electron chi connectivity index (χ2n) is 5.27. The number of nitrogen functional groups attached to an aromatic ring is 1. The van der Waals surface area contributed by atoms with Gasteiger partial charge in [-0.3, -0.25) is 4.79 Å². The molecule has 7 N–H and O–H groups in total. The van der Waals surface area contributed by atoms with E-state index < -0.39 is 47.1 Å². The Bertz CT molecular complexity index is 959. The molecule has 0 aliphatic rings. The van der Waals surface area contributed by atoms with E-state index in [-0.39, 0.29) is 22.5 Å². The molecular formula is C15H15BN2O9. The summed E-state index contributed by atoms with van der Waals surface area (Å²) in [6.07, 6.45) is 0. The molecule has 1 heterocycles. The molecule has 2 rings (SSSR count). The normalized spacial score (nSPS) is 10.4. The standard InChI is InChI=1S/C15H15BN2O9/c1-26-6-3-5(4-7(27-2)11(6)16(24)25)8-9(14(20)21)12(17)18-13(19)10(8)15(22)23/h3-4,24-25H,1-2H3,(H,20,21)(H,22,23)(H3,17,18,19). The third-order valence-electron chi connectivity index (χ3n) is 3.76. The Hall–Kier alpha value is -3.51. The lowest BCUT2D eigenvalue weighted by atomic mass is 9.77. The van der Waals surface area contributed by atoms with Crippen LogP contribution >= 0.6 is 0 Å². The molecular weight excluding hydrogens is 363 g/mol. The summed E-state index contributed by atoms with van der Waals surface area (Å²) >= 11 is 0. The number of aromatic carboxylic acids is 2. The molecule has 12 heteroatoms. The van der Waals surface area contributed by atoms with Crippen LogP contribution in [0.2, 0.25) is 0 Å². The van der Waals surface area contributed by atoms with Crippen molar-refractivity contribution in [2.45, 2.75) is 0 Å². The van der Waals surface area contributed by atoms with Crippen LogP contribution in [0.15, 0.2) is 16.9 Å². The Morgan fingerprint density at radius 3 is 1.89 bits per heavy atom. The van der Waals surface area contributed by atoms with Gasteiger partial charge < -0.3 is 40.5 Å². The van der Waals surface area contributed by atoms with Crippen LogP contribution in [0.4, 0.5) is 5.82 Å². The van der Waals surface area contributed by atoms with Crippen molar-refractivity contribution >= 4 is 30.3 Å². The van der Waals surface area contributed by atoms with E-state index in [2.05, 4.69) is 0 Å². The number of nitrogens with one attached hydrogen (secondary N) is 1. The van der Waals surface area contributed by atoms with E-state index >= 15 is 0 Å². The van der Waals surface area contributed by atoms with Crippen molar-refractivity contribution in [1.29, 1.82) is 0 Å². The number of benzene rings is 1. The maximum atomic E-state index is 12.1. The predicted molar refractivity (Wildman–Crippen MR) is 93.8 cm³/mol. The Morgan fingerprint density at radius 1 is 1.04 bits per heavy atom. The summed E-state index contributed by atoms with van der Waals surface area (Å²) in [5.74, 6) is -4.07. The number of H-pyrrole nitrogens is 1. The number of nitrogens with two attached hydrogens (primary N) is 1. The number of hydrogen-bond acceptors (Lipinski definition) is 8. The van der Waals surface area contributed by atoms with Crippen molar-refractivity contribution < 1.29 is 39.3 Å². The third kappa shape index (κ3) is 3.43. The molecule has 0 unspecified atom stereocenters. The topological polar surface area (TPSA) is 192 Å². The molecule has 0 spiro atoms. The number of rotatable bonds is 6. The molecule has 0 fully saturated rings.